The molecule has 0 saturated carbocycles. The summed E-state index contributed by atoms with van der Waals surface area (Å²) in [4.78, 5) is 22.9. The minimum Gasteiger partial charge on any atom is -0.423 e. The molecule has 150 valence electrons. The van der Waals surface area contributed by atoms with Crippen molar-refractivity contribution in [3.63, 3.8) is 0 Å². The highest BCUT2D eigenvalue weighted by Gasteiger charge is 2.25. The normalized spacial score (nSPS) is 11.5. The van der Waals surface area contributed by atoms with Gasteiger partial charge in [0.2, 0.25) is 10.0 Å². The number of rotatable bonds is 7. The highest BCUT2D eigenvalue weighted by molar-refractivity contribution is 7.89. The molecular weight excluding hydrogens is 384 g/mol. The Kier molecular flexibility index (Phi) is 6.52. The summed E-state index contributed by atoms with van der Waals surface area (Å²) in [5.41, 5.74) is 0.869. The summed E-state index contributed by atoms with van der Waals surface area (Å²) in [6.07, 6.45) is 0. The van der Waals surface area contributed by atoms with Crippen molar-refractivity contribution in [3.05, 3.63) is 63.2 Å². The van der Waals surface area contributed by atoms with Crippen LogP contribution < -0.4 is 4.74 Å². The summed E-state index contributed by atoms with van der Waals surface area (Å²) in [6, 6.07) is 8.29. The topological polar surface area (TPSA) is 107 Å². The summed E-state index contributed by atoms with van der Waals surface area (Å²) in [5, 5.41) is 10.9. The zero-order chi connectivity index (χ0) is 21.1. The largest absolute Gasteiger partial charge is 0.423 e. The van der Waals surface area contributed by atoms with Gasteiger partial charge in [-0.3, -0.25) is 10.1 Å². The number of carbonyl (C=O) groups excluding carboxylic acids is 1. The van der Waals surface area contributed by atoms with Crippen molar-refractivity contribution in [2.75, 3.05) is 13.1 Å². The lowest BCUT2D eigenvalue weighted by atomic mass is 10.1. The summed E-state index contributed by atoms with van der Waals surface area (Å²) in [7, 11) is -3.73. The Morgan fingerprint density at radius 2 is 1.71 bits per heavy atom. The van der Waals surface area contributed by atoms with Crippen molar-refractivity contribution in [1.29, 1.82) is 0 Å². The summed E-state index contributed by atoms with van der Waals surface area (Å²) >= 11 is 0. The van der Waals surface area contributed by atoms with Gasteiger partial charge in [0, 0.05) is 24.7 Å². The molecule has 28 heavy (non-hydrogen) atoms. The molecule has 0 aliphatic carbocycles. The number of hydrogen-bond donors (Lipinski definition) is 0. The van der Waals surface area contributed by atoms with Crippen LogP contribution in [0, 0.1) is 24.0 Å². The number of ether oxygens (including phenoxy) is 1. The average Bonchev–Trinajstić information content (AvgIpc) is 2.62. The van der Waals surface area contributed by atoms with Gasteiger partial charge in [0.25, 0.3) is 5.69 Å². The summed E-state index contributed by atoms with van der Waals surface area (Å²) < 4.78 is 32.2. The van der Waals surface area contributed by atoms with Crippen molar-refractivity contribution >= 4 is 21.7 Å². The Morgan fingerprint density at radius 3 is 2.25 bits per heavy atom. The van der Waals surface area contributed by atoms with E-state index in [2.05, 4.69) is 0 Å². The lowest BCUT2D eigenvalue weighted by Gasteiger charge is -2.20. The Hall–Kier alpha value is -2.78. The van der Waals surface area contributed by atoms with Crippen molar-refractivity contribution < 1.29 is 22.9 Å². The number of nitro groups is 1. The van der Waals surface area contributed by atoms with Gasteiger partial charge in [-0.15, -0.1) is 0 Å². The van der Waals surface area contributed by atoms with E-state index in [-0.39, 0.29) is 21.9 Å². The maximum atomic E-state index is 12.8. The predicted molar refractivity (Wildman–Crippen MR) is 104 cm³/mol. The van der Waals surface area contributed by atoms with Crippen LogP contribution in [0.1, 0.15) is 35.3 Å². The molecule has 0 saturated heterocycles. The van der Waals surface area contributed by atoms with Gasteiger partial charge in [0.15, 0.2) is 0 Å². The van der Waals surface area contributed by atoms with Crippen molar-refractivity contribution in [3.8, 4) is 5.75 Å². The number of carbonyl (C=O) groups is 1. The Labute approximate surface area is 163 Å². The molecule has 9 heteroatoms. The molecule has 0 heterocycles. The van der Waals surface area contributed by atoms with E-state index in [4.69, 9.17) is 4.74 Å². The van der Waals surface area contributed by atoms with E-state index in [0.29, 0.717) is 24.2 Å². The first-order chi connectivity index (χ1) is 13.1. The smallest absolute Gasteiger partial charge is 0.343 e. The zero-order valence-corrected chi connectivity index (χ0v) is 16.9. The molecule has 0 aliphatic rings. The number of benzene rings is 2. The molecule has 0 spiro atoms. The SMILES string of the molecule is CCN(CC)S(=O)(=O)c1cc(C(=O)Oc2ccc([N+](=O)[O-])c(C)c2)ccc1C. The molecule has 2 aromatic carbocycles. The van der Waals surface area contributed by atoms with Gasteiger partial charge in [-0.1, -0.05) is 19.9 Å². The maximum absolute atomic E-state index is 12.8. The first-order valence-electron chi connectivity index (χ1n) is 8.69. The fraction of sp³-hybridized carbons (Fsp3) is 0.316. The van der Waals surface area contributed by atoms with Crippen molar-refractivity contribution in [1.82, 2.24) is 4.31 Å². The van der Waals surface area contributed by atoms with Crippen molar-refractivity contribution in [2.24, 2.45) is 0 Å². The molecule has 0 fully saturated rings. The Bertz CT molecular complexity index is 1010. The first-order valence-corrected chi connectivity index (χ1v) is 10.1. The number of nitro benzene ring substituents is 1. The Balaban J connectivity index is 2.35. The maximum Gasteiger partial charge on any atom is 0.343 e. The van der Waals surface area contributed by atoms with Gasteiger partial charge in [0.1, 0.15) is 5.75 Å². The van der Waals surface area contributed by atoms with Crippen LogP contribution in [0.15, 0.2) is 41.3 Å². The standard InChI is InChI=1S/C19H22N2O6S/c1-5-20(6-2)28(25,26)18-12-15(8-7-13(18)3)19(22)27-16-9-10-17(21(23)24)14(4)11-16/h7-12H,5-6H2,1-4H3. The monoisotopic (exact) mass is 406 g/mol. The molecule has 2 rings (SSSR count). The number of nitrogens with zero attached hydrogens (tertiary/aromatic N) is 2. The second-order valence-corrected chi connectivity index (χ2v) is 8.07. The lowest BCUT2D eigenvalue weighted by molar-refractivity contribution is -0.385. The summed E-state index contributed by atoms with van der Waals surface area (Å²) in [6.45, 7) is 7.31. The van der Waals surface area contributed by atoms with Crippen LogP contribution in [0.2, 0.25) is 0 Å². The van der Waals surface area contributed by atoms with Gasteiger partial charge in [0.05, 0.1) is 15.4 Å². The quantitative estimate of drug-likeness (QED) is 0.302. The number of hydrogen-bond acceptors (Lipinski definition) is 6. The van der Waals surface area contributed by atoms with Crippen LogP contribution in [-0.4, -0.2) is 36.7 Å². The Morgan fingerprint density at radius 1 is 1.07 bits per heavy atom. The minimum absolute atomic E-state index is 0.0468. The lowest BCUT2D eigenvalue weighted by Crippen LogP contribution is -2.31. The van der Waals surface area contributed by atoms with E-state index < -0.39 is 20.9 Å². The minimum atomic E-state index is -3.73. The third kappa shape index (κ3) is 4.37. The van der Waals surface area contributed by atoms with E-state index in [1.54, 1.807) is 26.8 Å². The highest BCUT2D eigenvalue weighted by atomic mass is 32.2. The molecule has 0 aliphatic heterocycles. The van der Waals surface area contributed by atoms with Gasteiger partial charge in [-0.25, -0.2) is 13.2 Å². The van der Waals surface area contributed by atoms with Gasteiger partial charge < -0.3 is 4.74 Å². The van der Waals surface area contributed by atoms with Gasteiger partial charge in [-0.05, 0) is 43.7 Å². The molecular formula is C19H22N2O6S. The molecule has 0 unspecified atom stereocenters. The number of esters is 1. The van der Waals surface area contributed by atoms with Gasteiger partial charge >= 0.3 is 5.97 Å². The van der Waals surface area contributed by atoms with Gasteiger partial charge in [-0.2, -0.15) is 4.31 Å². The molecule has 0 bridgehead atoms. The molecule has 0 amide bonds. The molecule has 0 N–H and O–H groups in total. The van der Waals surface area contributed by atoms with Crippen LogP contribution in [0.25, 0.3) is 0 Å². The predicted octanol–water partition coefficient (Wildman–Crippen LogP) is 3.46. The fourth-order valence-electron chi connectivity index (χ4n) is 2.77. The van der Waals surface area contributed by atoms with Crippen LogP contribution in [-0.2, 0) is 10.0 Å². The van der Waals surface area contributed by atoms with E-state index >= 15 is 0 Å². The van der Waals surface area contributed by atoms with E-state index in [1.807, 2.05) is 0 Å². The average molecular weight is 406 g/mol. The molecule has 0 radical (unpaired) electrons. The third-order valence-corrected chi connectivity index (χ3v) is 6.51. The molecule has 2 aromatic rings. The molecule has 0 aromatic heterocycles. The van der Waals surface area contributed by atoms with Crippen LogP contribution >= 0.6 is 0 Å². The zero-order valence-electron chi connectivity index (χ0n) is 16.1. The van der Waals surface area contributed by atoms with E-state index in [1.165, 1.54) is 41.6 Å². The molecule has 8 nitrogen and oxygen atoms in total. The van der Waals surface area contributed by atoms with Crippen molar-refractivity contribution in [2.45, 2.75) is 32.6 Å². The van der Waals surface area contributed by atoms with Crippen LogP contribution in [0.3, 0.4) is 0 Å². The third-order valence-electron chi connectivity index (χ3n) is 4.32. The van der Waals surface area contributed by atoms with E-state index in [9.17, 15) is 23.3 Å². The highest BCUT2D eigenvalue weighted by Crippen LogP contribution is 2.25. The summed E-state index contributed by atoms with van der Waals surface area (Å²) in [5.74, 6) is -0.605. The fourth-order valence-corrected chi connectivity index (χ4v) is 4.48. The first kappa shape index (κ1) is 21.5. The second kappa shape index (κ2) is 8.49. The second-order valence-electron chi connectivity index (χ2n) is 6.16. The van der Waals surface area contributed by atoms with Crippen LogP contribution in [0.4, 0.5) is 5.69 Å². The van der Waals surface area contributed by atoms with Crippen LogP contribution in [0.5, 0.6) is 5.75 Å². The number of sulfonamides is 1. The number of aryl methyl sites for hydroxylation is 2. The van der Waals surface area contributed by atoms with E-state index in [0.717, 1.165) is 0 Å². The molecule has 0 atom stereocenters.